The van der Waals surface area contributed by atoms with Crippen molar-refractivity contribution in [2.45, 2.75) is 38.7 Å². The first-order valence-electron chi connectivity index (χ1n) is 7.95. The molecule has 0 radical (unpaired) electrons. The van der Waals surface area contributed by atoms with Crippen molar-refractivity contribution >= 4 is 11.7 Å². The number of ether oxygens (including phenoxy) is 1. The van der Waals surface area contributed by atoms with E-state index in [9.17, 15) is 9.59 Å². The molecule has 6 heteroatoms. The maximum atomic E-state index is 12.3. The highest BCUT2D eigenvalue weighted by molar-refractivity contribution is 5.89. The maximum Gasteiger partial charge on any atom is 0.321 e. The lowest BCUT2D eigenvalue weighted by atomic mass is 10.2. The molecule has 0 unspecified atom stereocenters. The largest absolute Gasteiger partial charge is 0.378 e. The van der Waals surface area contributed by atoms with Crippen LogP contribution in [0.15, 0.2) is 23.1 Å². The molecule has 0 aromatic carbocycles. The molecule has 122 valence electrons. The summed E-state index contributed by atoms with van der Waals surface area (Å²) in [7, 11) is 1.67. The number of carbonyl (C=O) groups is 1. The summed E-state index contributed by atoms with van der Waals surface area (Å²) in [6.07, 6.45) is 5.67. The van der Waals surface area contributed by atoms with Crippen molar-refractivity contribution < 1.29 is 9.53 Å². The molecule has 2 heterocycles. The lowest BCUT2D eigenvalue weighted by Gasteiger charge is -2.21. The van der Waals surface area contributed by atoms with Crippen molar-refractivity contribution in [3.8, 4) is 0 Å². The van der Waals surface area contributed by atoms with Crippen LogP contribution >= 0.6 is 0 Å². The first kappa shape index (κ1) is 16.5. The molecule has 0 bridgehead atoms. The van der Waals surface area contributed by atoms with Crippen LogP contribution in [0.4, 0.5) is 10.5 Å². The summed E-state index contributed by atoms with van der Waals surface area (Å²) in [5.41, 5.74) is 0.118. The number of likely N-dealkylation sites (tertiary alicyclic amines) is 1. The standard InChI is InChI=1S/C16H25N3O3/c1-3-12-22-13-6-4-10-19(11-8-13)16(21)17-14-7-5-9-18(2)15(14)20/h5,7,9,13H,3-4,6,8,10-12H2,1-2H3,(H,17,21)/t13-/m0/s1. The first-order chi connectivity index (χ1) is 10.6. The van der Waals surface area contributed by atoms with E-state index in [0.717, 1.165) is 32.3 Å². The first-order valence-corrected chi connectivity index (χ1v) is 7.95. The van der Waals surface area contributed by atoms with Crippen LogP contribution in [0.2, 0.25) is 0 Å². The van der Waals surface area contributed by atoms with Crippen molar-refractivity contribution in [2.24, 2.45) is 7.05 Å². The zero-order valence-electron chi connectivity index (χ0n) is 13.4. The molecule has 6 nitrogen and oxygen atoms in total. The van der Waals surface area contributed by atoms with Crippen LogP contribution in [0.25, 0.3) is 0 Å². The van der Waals surface area contributed by atoms with Crippen molar-refractivity contribution in [3.05, 3.63) is 28.7 Å². The van der Waals surface area contributed by atoms with Crippen LogP contribution in [0, 0.1) is 0 Å². The van der Waals surface area contributed by atoms with Crippen LogP contribution in [0.1, 0.15) is 32.6 Å². The van der Waals surface area contributed by atoms with Crippen LogP contribution in [0.3, 0.4) is 0 Å². The molecular formula is C16H25N3O3. The van der Waals surface area contributed by atoms with Gasteiger partial charge < -0.3 is 19.5 Å². The molecule has 1 aromatic rings. The van der Waals surface area contributed by atoms with Crippen molar-refractivity contribution in [1.29, 1.82) is 0 Å². The monoisotopic (exact) mass is 307 g/mol. The Bertz CT molecular complexity index is 556. The lowest BCUT2D eigenvalue weighted by molar-refractivity contribution is 0.0446. The minimum atomic E-state index is -0.209. The van der Waals surface area contributed by atoms with E-state index in [0.29, 0.717) is 18.8 Å². The van der Waals surface area contributed by atoms with Gasteiger partial charge in [-0.3, -0.25) is 4.79 Å². The third kappa shape index (κ3) is 4.34. The predicted octanol–water partition coefficient (Wildman–Crippen LogP) is 2.20. The zero-order chi connectivity index (χ0) is 15.9. The number of nitrogens with zero attached hydrogens (tertiary/aromatic N) is 2. The Kier molecular flexibility index (Phi) is 6.00. The highest BCUT2D eigenvalue weighted by atomic mass is 16.5. The molecule has 0 spiro atoms. The molecule has 1 N–H and O–H groups in total. The molecule has 1 saturated heterocycles. The highest BCUT2D eigenvalue weighted by Gasteiger charge is 2.21. The Balaban J connectivity index is 1.92. The normalized spacial score (nSPS) is 18.8. The molecule has 1 aliphatic heterocycles. The van der Waals surface area contributed by atoms with Crippen molar-refractivity contribution in [1.82, 2.24) is 9.47 Å². The molecule has 1 aliphatic rings. The van der Waals surface area contributed by atoms with Gasteiger partial charge in [0.15, 0.2) is 0 Å². The number of urea groups is 1. The van der Waals surface area contributed by atoms with Crippen LogP contribution in [-0.2, 0) is 11.8 Å². The van der Waals surface area contributed by atoms with E-state index in [2.05, 4.69) is 12.2 Å². The highest BCUT2D eigenvalue weighted by Crippen LogP contribution is 2.15. The summed E-state index contributed by atoms with van der Waals surface area (Å²) < 4.78 is 7.23. The number of carbonyl (C=O) groups excluding carboxylic acids is 1. The SMILES string of the molecule is CCCO[C@H]1CCCN(C(=O)Nc2cccn(C)c2=O)CC1. The van der Waals surface area contributed by atoms with E-state index in [1.165, 1.54) is 4.57 Å². The van der Waals surface area contributed by atoms with Gasteiger partial charge in [0.25, 0.3) is 5.56 Å². The quantitative estimate of drug-likeness (QED) is 0.927. The van der Waals surface area contributed by atoms with Gasteiger partial charge in [-0.15, -0.1) is 0 Å². The summed E-state index contributed by atoms with van der Waals surface area (Å²) in [5.74, 6) is 0. The molecule has 1 atom stereocenters. The maximum absolute atomic E-state index is 12.3. The molecular weight excluding hydrogens is 282 g/mol. The third-order valence-corrected chi connectivity index (χ3v) is 3.88. The Morgan fingerprint density at radius 3 is 3.00 bits per heavy atom. The Morgan fingerprint density at radius 1 is 1.41 bits per heavy atom. The number of rotatable bonds is 4. The summed E-state index contributed by atoms with van der Waals surface area (Å²) in [6, 6.07) is 3.17. The molecule has 1 fully saturated rings. The Labute approximate surface area is 131 Å². The number of aromatic nitrogens is 1. The number of aryl methyl sites for hydroxylation is 1. The number of amides is 2. The third-order valence-electron chi connectivity index (χ3n) is 3.88. The number of nitrogens with one attached hydrogen (secondary N) is 1. The van der Waals surface area contributed by atoms with Crippen LogP contribution in [0.5, 0.6) is 0 Å². The minimum absolute atomic E-state index is 0.199. The van der Waals surface area contributed by atoms with E-state index < -0.39 is 0 Å². The second-order valence-electron chi connectivity index (χ2n) is 5.68. The van der Waals surface area contributed by atoms with E-state index in [4.69, 9.17) is 4.74 Å². The van der Waals surface area contributed by atoms with Crippen molar-refractivity contribution in [3.63, 3.8) is 0 Å². The van der Waals surface area contributed by atoms with Gasteiger partial charge in [0, 0.05) is 32.9 Å². The second-order valence-corrected chi connectivity index (χ2v) is 5.68. The minimum Gasteiger partial charge on any atom is -0.378 e. The van der Waals surface area contributed by atoms with Crippen LogP contribution < -0.4 is 10.9 Å². The Hall–Kier alpha value is -1.82. The topological polar surface area (TPSA) is 63.6 Å². The fourth-order valence-corrected chi connectivity index (χ4v) is 2.61. The fourth-order valence-electron chi connectivity index (χ4n) is 2.61. The molecule has 2 amide bonds. The summed E-state index contributed by atoms with van der Waals surface area (Å²) >= 11 is 0. The van der Waals surface area contributed by atoms with E-state index >= 15 is 0 Å². The zero-order valence-corrected chi connectivity index (χ0v) is 13.4. The smallest absolute Gasteiger partial charge is 0.321 e. The summed E-state index contributed by atoms with van der Waals surface area (Å²) in [5, 5.41) is 2.72. The van der Waals surface area contributed by atoms with Crippen LogP contribution in [-0.4, -0.2) is 41.3 Å². The van der Waals surface area contributed by atoms with Gasteiger partial charge in [0.1, 0.15) is 5.69 Å². The van der Waals surface area contributed by atoms with E-state index in [1.54, 1.807) is 30.3 Å². The molecule has 22 heavy (non-hydrogen) atoms. The van der Waals surface area contributed by atoms with Gasteiger partial charge in [-0.25, -0.2) is 4.79 Å². The fraction of sp³-hybridized carbons (Fsp3) is 0.625. The molecule has 0 saturated carbocycles. The molecule has 0 aliphatic carbocycles. The van der Waals surface area contributed by atoms with Crippen molar-refractivity contribution in [2.75, 3.05) is 25.0 Å². The number of anilines is 1. The van der Waals surface area contributed by atoms with Gasteiger partial charge in [0.2, 0.25) is 0 Å². The average molecular weight is 307 g/mol. The molecule has 2 rings (SSSR count). The van der Waals surface area contributed by atoms with E-state index in [-0.39, 0.29) is 17.7 Å². The average Bonchev–Trinajstić information content (AvgIpc) is 2.75. The summed E-state index contributed by atoms with van der Waals surface area (Å²) in [6.45, 7) is 4.23. The second kappa shape index (κ2) is 7.98. The number of hydrogen-bond donors (Lipinski definition) is 1. The lowest BCUT2D eigenvalue weighted by Crippen LogP contribution is -2.37. The number of pyridine rings is 1. The van der Waals surface area contributed by atoms with Gasteiger partial charge >= 0.3 is 6.03 Å². The van der Waals surface area contributed by atoms with E-state index in [1.807, 2.05) is 0 Å². The number of hydrogen-bond acceptors (Lipinski definition) is 3. The van der Waals surface area contributed by atoms with Gasteiger partial charge in [-0.2, -0.15) is 0 Å². The van der Waals surface area contributed by atoms with Gasteiger partial charge in [0.05, 0.1) is 6.10 Å². The predicted molar refractivity (Wildman–Crippen MR) is 86.2 cm³/mol. The summed E-state index contributed by atoms with van der Waals surface area (Å²) in [4.78, 5) is 26.0. The Morgan fingerprint density at radius 2 is 2.23 bits per heavy atom. The van der Waals surface area contributed by atoms with Gasteiger partial charge in [-0.05, 0) is 37.8 Å². The molecule has 1 aromatic heterocycles. The van der Waals surface area contributed by atoms with Gasteiger partial charge in [-0.1, -0.05) is 6.92 Å².